The monoisotopic (exact) mass is 469 g/mol. The van der Waals surface area contributed by atoms with Gasteiger partial charge in [-0.15, -0.1) is 5.10 Å². The molecule has 0 spiro atoms. The van der Waals surface area contributed by atoms with Crippen LogP contribution in [-0.2, 0) is 17.6 Å². The molecule has 0 unspecified atom stereocenters. The van der Waals surface area contributed by atoms with Gasteiger partial charge in [0.05, 0.1) is 33.3 Å². The molecule has 0 amide bonds. The number of Topliss-reactive ketones (excluding diaryl/α,β-unsaturated/α-hetero) is 1. The molecule has 2 aromatic heterocycles. The highest BCUT2D eigenvalue weighted by Gasteiger charge is 2.09. The first-order chi connectivity index (χ1) is 15.4. The molecule has 2 aromatic carbocycles. The van der Waals surface area contributed by atoms with Gasteiger partial charge in [-0.1, -0.05) is 34.5 Å². The van der Waals surface area contributed by atoms with Crippen LogP contribution < -0.4 is 11.2 Å². The van der Waals surface area contributed by atoms with Crippen LogP contribution in [0.15, 0.2) is 70.5 Å². The summed E-state index contributed by atoms with van der Waals surface area (Å²) in [4.78, 5) is 37.6. The van der Waals surface area contributed by atoms with Gasteiger partial charge in [-0.3, -0.25) is 19.1 Å². The van der Waals surface area contributed by atoms with Gasteiger partial charge in [0.15, 0.2) is 0 Å². The minimum atomic E-state index is -0.515. The summed E-state index contributed by atoms with van der Waals surface area (Å²) < 4.78 is 2.93. The average molecular weight is 470 g/mol. The molecule has 0 saturated heterocycles. The zero-order chi connectivity index (χ0) is 22.7. The summed E-state index contributed by atoms with van der Waals surface area (Å²) in [6, 6.07) is 13.5. The fourth-order valence-corrected chi connectivity index (χ4v) is 3.48. The van der Waals surface area contributed by atoms with Crippen molar-refractivity contribution in [2.45, 2.75) is 19.3 Å². The Morgan fingerprint density at radius 3 is 2.44 bits per heavy atom. The molecule has 4 rings (SSSR count). The van der Waals surface area contributed by atoms with E-state index in [-0.39, 0.29) is 12.2 Å². The molecule has 2 heterocycles. The lowest BCUT2D eigenvalue weighted by molar-refractivity contribution is -0.118. The Bertz CT molecular complexity index is 1390. The van der Waals surface area contributed by atoms with Crippen molar-refractivity contribution < 1.29 is 4.79 Å². The number of aromatic amines is 1. The van der Waals surface area contributed by atoms with E-state index in [0.29, 0.717) is 34.3 Å². The highest BCUT2D eigenvalue weighted by molar-refractivity contribution is 6.42. The number of aryl methyl sites for hydroxylation is 1. The number of ketones is 1. The number of rotatable bonds is 7. The average Bonchev–Trinajstić information content (AvgIpc) is 3.24. The van der Waals surface area contributed by atoms with E-state index in [4.69, 9.17) is 23.2 Å². The maximum atomic E-state index is 12.3. The Balaban J connectivity index is 1.39. The molecule has 0 atom stereocenters. The SMILES string of the molecule is O=C(CCc1cn(-c2ccc(-n3ccc(=O)[nH]c3=O)cc2)nn1)Cc1ccc(Cl)c(Cl)c1. The molecule has 0 bridgehead atoms. The van der Waals surface area contributed by atoms with Crippen molar-refractivity contribution in [3.05, 3.63) is 103 Å². The van der Waals surface area contributed by atoms with Crippen molar-refractivity contribution in [3.63, 3.8) is 0 Å². The third kappa shape index (κ3) is 5.04. The number of hydrogen-bond acceptors (Lipinski definition) is 5. The maximum absolute atomic E-state index is 12.3. The van der Waals surface area contributed by atoms with Gasteiger partial charge in [0, 0.05) is 31.5 Å². The Morgan fingerprint density at radius 1 is 0.969 bits per heavy atom. The Kier molecular flexibility index (Phi) is 6.34. The predicted molar refractivity (Wildman–Crippen MR) is 121 cm³/mol. The second-order valence-electron chi connectivity index (χ2n) is 7.11. The first-order valence-corrected chi connectivity index (χ1v) is 10.4. The Hall–Kier alpha value is -3.49. The fourth-order valence-electron chi connectivity index (χ4n) is 3.16. The van der Waals surface area contributed by atoms with Crippen molar-refractivity contribution >= 4 is 29.0 Å². The third-order valence-electron chi connectivity index (χ3n) is 4.80. The van der Waals surface area contributed by atoms with Crippen LogP contribution in [0, 0.1) is 0 Å². The van der Waals surface area contributed by atoms with E-state index in [1.165, 1.54) is 16.8 Å². The van der Waals surface area contributed by atoms with Crippen LogP contribution in [0.1, 0.15) is 17.7 Å². The molecule has 8 nitrogen and oxygen atoms in total. The van der Waals surface area contributed by atoms with Crippen LogP contribution in [0.5, 0.6) is 0 Å². The smallest absolute Gasteiger partial charge is 0.299 e. The van der Waals surface area contributed by atoms with Gasteiger partial charge < -0.3 is 0 Å². The molecule has 10 heteroatoms. The lowest BCUT2D eigenvalue weighted by Gasteiger charge is -2.06. The van der Waals surface area contributed by atoms with Crippen LogP contribution >= 0.6 is 23.2 Å². The first-order valence-electron chi connectivity index (χ1n) is 9.69. The van der Waals surface area contributed by atoms with Gasteiger partial charge >= 0.3 is 5.69 Å². The topological polar surface area (TPSA) is 103 Å². The van der Waals surface area contributed by atoms with Crippen molar-refractivity contribution in [1.29, 1.82) is 0 Å². The predicted octanol–water partition coefficient (Wildman–Crippen LogP) is 3.16. The number of H-pyrrole nitrogens is 1. The molecule has 0 fully saturated rings. The molecule has 162 valence electrons. The lowest BCUT2D eigenvalue weighted by atomic mass is 10.1. The molecule has 0 saturated carbocycles. The van der Waals surface area contributed by atoms with Crippen LogP contribution in [-0.4, -0.2) is 30.3 Å². The van der Waals surface area contributed by atoms with Crippen molar-refractivity contribution in [1.82, 2.24) is 24.5 Å². The summed E-state index contributed by atoms with van der Waals surface area (Å²) in [7, 11) is 0. The second kappa shape index (κ2) is 9.33. The van der Waals surface area contributed by atoms with Crippen molar-refractivity contribution in [2.24, 2.45) is 0 Å². The van der Waals surface area contributed by atoms with E-state index in [1.807, 2.05) is 0 Å². The summed E-state index contributed by atoms with van der Waals surface area (Å²) in [5.74, 6) is 0.0636. The number of carbonyl (C=O) groups excluding carboxylic acids is 1. The molecule has 0 aliphatic heterocycles. The van der Waals surface area contributed by atoms with Gasteiger partial charge in [-0.05, 0) is 42.0 Å². The number of aromatic nitrogens is 5. The highest BCUT2D eigenvalue weighted by atomic mass is 35.5. The zero-order valence-corrected chi connectivity index (χ0v) is 18.2. The van der Waals surface area contributed by atoms with E-state index in [1.54, 1.807) is 53.3 Å². The van der Waals surface area contributed by atoms with Crippen LogP contribution in [0.2, 0.25) is 10.0 Å². The zero-order valence-electron chi connectivity index (χ0n) is 16.7. The maximum Gasteiger partial charge on any atom is 0.332 e. The van der Waals surface area contributed by atoms with Crippen LogP contribution in [0.3, 0.4) is 0 Å². The Morgan fingerprint density at radius 2 is 1.72 bits per heavy atom. The summed E-state index contributed by atoms with van der Waals surface area (Å²) in [5, 5.41) is 9.12. The number of nitrogens with zero attached hydrogens (tertiary/aromatic N) is 4. The summed E-state index contributed by atoms with van der Waals surface area (Å²) >= 11 is 11.9. The highest BCUT2D eigenvalue weighted by Crippen LogP contribution is 2.23. The molecule has 1 N–H and O–H groups in total. The van der Waals surface area contributed by atoms with E-state index in [2.05, 4.69) is 15.3 Å². The Labute approximate surface area is 192 Å². The van der Waals surface area contributed by atoms with Gasteiger partial charge in [0.25, 0.3) is 5.56 Å². The van der Waals surface area contributed by atoms with Crippen LogP contribution in [0.25, 0.3) is 11.4 Å². The number of halogens is 2. The van der Waals surface area contributed by atoms with Crippen molar-refractivity contribution in [2.75, 3.05) is 0 Å². The number of hydrogen-bond donors (Lipinski definition) is 1. The van der Waals surface area contributed by atoms with Crippen LogP contribution in [0.4, 0.5) is 0 Å². The normalized spacial score (nSPS) is 10.9. The molecular formula is C22H17Cl2N5O3. The molecule has 4 aromatic rings. The fraction of sp³-hybridized carbons (Fsp3) is 0.136. The van der Waals surface area contributed by atoms with Gasteiger partial charge in [0.1, 0.15) is 5.78 Å². The lowest BCUT2D eigenvalue weighted by Crippen LogP contribution is -2.27. The number of carbonyl (C=O) groups is 1. The van der Waals surface area contributed by atoms with Gasteiger partial charge in [-0.2, -0.15) is 0 Å². The minimum Gasteiger partial charge on any atom is -0.299 e. The molecule has 0 aliphatic rings. The minimum absolute atomic E-state index is 0.0636. The van der Waals surface area contributed by atoms with Gasteiger partial charge in [0.2, 0.25) is 0 Å². The standard InChI is InChI=1S/C22H17Cl2N5O3/c23-19-8-1-14(12-20(19)24)11-18(30)7-2-15-13-29(27-26-15)17-5-3-16(4-6-17)28-10-9-21(31)25-22(28)32/h1,3-6,8-10,12-13H,2,7,11H2,(H,25,31,32). The molecule has 0 radical (unpaired) electrons. The third-order valence-corrected chi connectivity index (χ3v) is 5.54. The number of nitrogens with one attached hydrogen (secondary N) is 1. The van der Waals surface area contributed by atoms with E-state index < -0.39 is 11.2 Å². The molecule has 0 aliphatic carbocycles. The summed E-state index contributed by atoms with van der Waals surface area (Å²) in [6.07, 6.45) is 4.24. The van der Waals surface area contributed by atoms with E-state index >= 15 is 0 Å². The van der Waals surface area contributed by atoms with E-state index in [0.717, 1.165) is 11.3 Å². The van der Waals surface area contributed by atoms with Crippen molar-refractivity contribution in [3.8, 4) is 11.4 Å². The van der Waals surface area contributed by atoms with E-state index in [9.17, 15) is 14.4 Å². The first kappa shape index (κ1) is 21.7. The summed E-state index contributed by atoms with van der Waals surface area (Å²) in [6.45, 7) is 0. The van der Waals surface area contributed by atoms with Gasteiger partial charge in [-0.25, -0.2) is 9.48 Å². The molecular weight excluding hydrogens is 453 g/mol. The number of benzene rings is 2. The summed E-state index contributed by atoms with van der Waals surface area (Å²) in [5.41, 5.74) is 1.88. The largest absolute Gasteiger partial charge is 0.332 e. The second-order valence-corrected chi connectivity index (χ2v) is 7.93. The quantitative estimate of drug-likeness (QED) is 0.447. The molecule has 32 heavy (non-hydrogen) atoms.